The number of nitrogens with zero attached hydrogens (tertiary/aromatic N) is 2. The molecule has 1 aromatic heterocycles. The maximum atomic E-state index is 13.6. The summed E-state index contributed by atoms with van der Waals surface area (Å²) in [6.45, 7) is 3.72. The molecular weight excluding hydrogens is 470 g/mol. The van der Waals surface area contributed by atoms with E-state index in [2.05, 4.69) is 24.0 Å². The first-order valence-corrected chi connectivity index (χ1v) is 12.8. The Balaban J connectivity index is 1.52. The molecule has 0 bridgehead atoms. The van der Waals surface area contributed by atoms with E-state index in [0.717, 1.165) is 30.3 Å². The smallest absolute Gasteiger partial charge is 0.254 e. The van der Waals surface area contributed by atoms with Crippen LogP contribution in [0.15, 0.2) is 85.1 Å². The van der Waals surface area contributed by atoms with E-state index in [0.29, 0.717) is 30.2 Å². The standard InChI is InChI=1S/C30H32ClN3O2/c1-2-3-18-34(30(36)24-13-15-26(31)16-14-24)22-29(35)33(21-23-9-5-4-6-10-23)19-17-25-20-32-28-12-8-7-11-27(25)28/h4-16,20,32H,2-3,17-19,21-22H2,1H3. The van der Waals surface area contributed by atoms with Crippen LogP contribution in [0.4, 0.5) is 0 Å². The van der Waals surface area contributed by atoms with Crippen LogP contribution in [0.1, 0.15) is 41.3 Å². The number of amides is 2. The van der Waals surface area contributed by atoms with Gasteiger partial charge in [-0.3, -0.25) is 9.59 Å². The van der Waals surface area contributed by atoms with Crippen LogP contribution in [0.25, 0.3) is 10.9 Å². The van der Waals surface area contributed by atoms with Crippen LogP contribution in [-0.4, -0.2) is 46.2 Å². The van der Waals surface area contributed by atoms with E-state index >= 15 is 0 Å². The topological polar surface area (TPSA) is 56.4 Å². The molecule has 3 aromatic carbocycles. The number of carbonyl (C=O) groups is 2. The van der Waals surface area contributed by atoms with Crippen LogP contribution >= 0.6 is 11.6 Å². The van der Waals surface area contributed by atoms with Gasteiger partial charge < -0.3 is 14.8 Å². The van der Waals surface area contributed by atoms with Gasteiger partial charge in [-0.2, -0.15) is 0 Å². The van der Waals surface area contributed by atoms with Gasteiger partial charge in [0.2, 0.25) is 5.91 Å². The summed E-state index contributed by atoms with van der Waals surface area (Å²) in [4.78, 5) is 33.8. The number of unbranched alkanes of at least 4 members (excludes halogenated alkanes) is 1. The predicted molar refractivity (Wildman–Crippen MR) is 146 cm³/mol. The molecule has 1 heterocycles. The van der Waals surface area contributed by atoms with Crippen LogP contribution in [0, 0.1) is 0 Å². The number of hydrogen-bond acceptors (Lipinski definition) is 2. The van der Waals surface area contributed by atoms with Gasteiger partial charge in [0.1, 0.15) is 6.54 Å². The summed E-state index contributed by atoms with van der Waals surface area (Å²) in [6.07, 6.45) is 4.52. The van der Waals surface area contributed by atoms with Crippen molar-refractivity contribution >= 4 is 34.3 Å². The maximum Gasteiger partial charge on any atom is 0.254 e. The minimum atomic E-state index is -0.148. The minimum absolute atomic E-state index is 0.0438. The summed E-state index contributed by atoms with van der Waals surface area (Å²) in [5, 5.41) is 1.75. The first kappa shape index (κ1) is 25.5. The fraction of sp³-hybridized carbons (Fsp3) is 0.267. The number of halogens is 1. The van der Waals surface area contributed by atoms with Gasteiger partial charge in [0.15, 0.2) is 0 Å². The Morgan fingerprint density at radius 3 is 2.33 bits per heavy atom. The number of hydrogen-bond donors (Lipinski definition) is 1. The number of fused-ring (bicyclic) bond motifs is 1. The van der Waals surface area contributed by atoms with Crippen LogP contribution < -0.4 is 0 Å². The van der Waals surface area contributed by atoms with Gasteiger partial charge in [-0.25, -0.2) is 0 Å². The van der Waals surface area contributed by atoms with E-state index in [4.69, 9.17) is 11.6 Å². The number of rotatable bonds is 11. The number of nitrogens with one attached hydrogen (secondary N) is 1. The van der Waals surface area contributed by atoms with Crippen molar-refractivity contribution in [3.05, 3.63) is 107 Å². The monoisotopic (exact) mass is 501 g/mol. The van der Waals surface area contributed by atoms with E-state index in [-0.39, 0.29) is 18.4 Å². The van der Waals surface area contributed by atoms with E-state index in [1.165, 1.54) is 10.9 Å². The quantitative estimate of drug-likeness (QED) is 0.261. The number of H-pyrrole nitrogens is 1. The Kier molecular flexibility index (Phi) is 8.80. The summed E-state index contributed by atoms with van der Waals surface area (Å²) < 4.78 is 0. The molecule has 0 saturated heterocycles. The van der Waals surface area contributed by atoms with Gasteiger partial charge in [-0.1, -0.05) is 73.5 Å². The van der Waals surface area contributed by atoms with E-state index in [1.54, 1.807) is 29.2 Å². The van der Waals surface area contributed by atoms with Gasteiger partial charge >= 0.3 is 0 Å². The summed E-state index contributed by atoms with van der Waals surface area (Å²) in [5.41, 5.74) is 3.87. The fourth-order valence-electron chi connectivity index (χ4n) is 4.33. The Morgan fingerprint density at radius 2 is 1.58 bits per heavy atom. The molecule has 4 rings (SSSR count). The highest BCUT2D eigenvalue weighted by molar-refractivity contribution is 6.30. The molecule has 0 aliphatic carbocycles. The summed E-state index contributed by atoms with van der Waals surface area (Å²) in [7, 11) is 0. The molecule has 0 unspecified atom stereocenters. The van der Waals surface area contributed by atoms with Gasteiger partial charge in [0.05, 0.1) is 0 Å². The molecule has 5 nitrogen and oxygen atoms in total. The number of benzene rings is 3. The zero-order valence-corrected chi connectivity index (χ0v) is 21.4. The SMILES string of the molecule is CCCCN(CC(=O)N(CCc1c[nH]c2ccccc12)Cc1ccccc1)C(=O)c1ccc(Cl)cc1. The lowest BCUT2D eigenvalue weighted by molar-refractivity contribution is -0.132. The maximum absolute atomic E-state index is 13.6. The molecule has 6 heteroatoms. The van der Waals surface area contributed by atoms with Gasteiger partial charge in [0, 0.05) is 47.3 Å². The third-order valence-corrected chi connectivity index (χ3v) is 6.63. The Labute approximate surface area is 217 Å². The fourth-order valence-corrected chi connectivity index (χ4v) is 4.46. The summed E-state index contributed by atoms with van der Waals surface area (Å²) in [6, 6.07) is 25.0. The molecule has 36 heavy (non-hydrogen) atoms. The van der Waals surface area contributed by atoms with E-state index < -0.39 is 0 Å². The summed E-state index contributed by atoms with van der Waals surface area (Å²) in [5.74, 6) is -0.207. The van der Waals surface area contributed by atoms with Crippen molar-refractivity contribution in [2.24, 2.45) is 0 Å². The largest absolute Gasteiger partial charge is 0.361 e. The van der Waals surface area contributed by atoms with Crippen LogP contribution in [0.2, 0.25) is 5.02 Å². The van der Waals surface area contributed by atoms with Gasteiger partial charge in [-0.15, -0.1) is 0 Å². The molecule has 186 valence electrons. The number of para-hydroxylation sites is 1. The molecule has 0 radical (unpaired) electrons. The highest BCUT2D eigenvalue weighted by Crippen LogP contribution is 2.19. The lowest BCUT2D eigenvalue weighted by atomic mass is 10.1. The molecule has 0 spiro atoms. The first-order valence-electron chi connectivity index (χ1n) is 12.5. The molecular formula is C30H32ClN3O2. The zero-order valence-electron chi connectivity index (χ0n) is 20.6. The molecule has 0 aliphatic rings. The van der Waals surface area contributed by atoms with Crippen molar-refractivity contribution in [1.29, 1.82) is 0 Å². The number of aromatic nitrogens is 1. The third kappa shape index (κ3) is 6.55. The van der Waals surface area contributed by atoms with E-state index in [9.17, 15) is 9.59 Å². The molecule has 4 aromatic rings. The first-order chi connectivity index (χ1) is 17.5. The second kappa shape index (κ2) is 12.4. The highest BCUT2D eigenvalue weighted by Gasteiger charge is 2.22. The van der Waals surface area contributed by atoms with Crippen LogP contribution in [-0.2, 0) is 17.8 Å². The second-order valence-corrected chi connectivity index (χ2v) is 9.43. The zero-order chi connectivity index (χ0) is 25.3. The van der Waals surface area contributed by atoms with E-state index in [1.807, 2.05) is 53.6 Å². The Hall–Kier alpha value is -3.57. The molecule has 1 N–H and O–H groups in total. The average molecular weight is 502 g/mol. The predicted octanol–water partition coefficient (Wildman–Crippen LogP) is 6.34. The summed E-state index contributed by atoms with van der Waals surface area (Å²) >= 11 is 6.01. The molecule has 0 aliphatic heterocycles. The van der Waals surface area contributed by atoms with Crippen molar-refractivity contribution < 1.29 is 9.59 Å². The van der Waals surface area contributed by atoms with Crippen molar-refractivity contribution in [3.63, 3.8) is 0 Å². The number of aromatic amines is 1. The van der Waals surface area contributed by atoms with Crippen LogP contribution in [0.3, 0.4) is 0 Å². The minimum Gasteiger partial charge on any atom is -0.361 e. The van der Waals surface area contributed by atoms with Crippen LogP contribution in [0.5, 0.6) is 0 Å². The Morgan fingerprint density at radius 1 is 0.861 bits per heavy atom. The molecule has 0 saturated carbocycles. The molecule has 0 fully saturated rings. The molecule has 0 atom stereocenters. The lowest BCUT2D eigenvalue weighted by Crippen LogP contribution is -2.43. The highest BCUT2D eigenvalue weighted by atomic mass is 35.5. The van der Waals surface area contributed by atoms with Crippen molar-refractivity contribution in [3.8, 4) is 0 Å². The van der Waals surface area contributed by atoms with Gasteiger partial charge in [0.25, 0.3) is 5.91 Å². The lowest BCUT2D eigenvalue weighted by Gasteiger charge is -2.28. The average Bonchev–Trinajstić information content (AvgIpc) is 3.32. The van der Waals surface area contributed by atoms with Crippen molar-refractivity contribution in [1.82, 2.24) is 14.8 Å². The molecule has 2 amide bonds. The Bertz CT molecular complexity index is 1280. The number of carbonyl (C=O) groups excluding carboxylic acids is 2. The van der Waals surface area contributed by atoms with Gasteiger partial charge in [-0.05, 0) is 54.3 Å². The van der Waals surface area contributed by atoms with Crippen molar-refractivity contribution in [2.45, 2.75) is 32.7 Å². The normalized spacial score (nSPS) is 10.9. The third-order valence-electron chi connectivity index (χ3n) is 6.38. The van der Waals surface area contributed by atoms with Crippen molar-refractivity contribution in [2.75, 3.05) is 19.6 Å². The second-order valence-electron chi connectivity index (χ2n) is 9.00.